The third-order valence-corrected chi connectivity index (χ3v) is 2.39. The molecule has 0 saturated carbocycles. The molecular weight excluding hydrogens is 266 g/mol. The van der Waals surface area contributed by atoms with E-state index in [2.05, 4.69) is 15.3 Å². The van der Waals surface area contributed by atoms with Crippen molar-refractivity contribution in [1.82, 2.24) is 9.97 Å². The Morgan fingerprint density at radius 1 is 1.32 bits per heavy atom. The first-order valence-corrected chi connectivity index (χ1v) is 5.98. The normalized spacial score (nSPS) is 10.1. The minimum atomic E-state index is -0.173. The van der Waals surface area contributed by atoms with Crippen LogP contribution in [0.4, 0.5) is 5.69 Å². The SMILES string of the molecule is CC(=O)Nc1ccccc1Oc1cc(Cl)nc(C)n1. The summed E-state index contributed by atoms with van der Waals surface area (Å²) in [6.07, 6.45) is 0. The molecule has 2 rings (SSSR count). The van der Waals surface area contributed by atoms with Gasteiger partial charge >= 0.3 is 0 Å². The smallest absolute Gasteiger partial charge is 0.224 e. The van der Waals surface area contributed by atoms with Crippen molar-refractivity contribution >= 4 is 23.2 Å². The van der Waals surface area contributed by atoms with Crippen LogP contribution in [0.15, 0.2) is 30.3 Å². The minimum Gasteiger partial charge on any atom is -0.437 e. The Labute approximate surface area is 115 Å². The number of rotatable bonds is 3. The molecule has 0 saturated heterocycles. The van der Waals surface area contributed by atoms with Gasteiger partial charge in [-0.15, -0.1) is 0 Å². The highest BCUT2D eigenvalue weighted by Crippen LogP contribution is 2.29. The van der Waals surface area contributed by atoms with Crippen molar-refractivity contribution in [2.45, 2.75) is 13.8 Å². The van der Waals surface area contributed by atoms with E-state index in [0.717, 1.165) is 0 Å². The molecule has 0 spiro atoms. The highest BCUT2D eigenvalue weighted by molar-refractivity contribution is 6.29. The fraction of sp³-hybridized carbons (Fsp3) is 0.154. The number of benzene rings is 1. The summed E-state index contributed by atoms with van der Waals surface area (Å²) in [5.74, 6) is 1.16. The average Bonchev–Trinajstić information content (AvgIpc) is 2.29. The summed E-state index contributed by atoms with van der Waals surface area (Å²) in [4.78, 5) is 19.2. The van der Waals surface area contributed by atoms with E-state index in [9.17, 15) is 4.79 Å². The molecule has 5 nitrogen and oxygen atoms in total. The number of carbonyl (C=O) groups is 1. The van der Waals surface area contributed by atoms with Gasteiger partial charge in [0.15, 0.2) is 5.75 Å². The summed E-state index contributed by atoms with van der Waals surface area (Å²) in [5, 5.41) is 2.99. The number of anilines is 1. The van der Waals surface area contributed by atoms with E-state index in [-0.39, 0.29) is 5.91 Å². The van der Waals surface area contributed by atoms with Gasteiger partial charge in [-0.05, 0) is 19.1 Å². The number of hydrogen-bond acceptors (Lipinski definition) is 4. The summed E-state index contributed by atoms with van der Waals surface area (Å²) >= 11 is 5.84. The van der Waals surface area contributed by atoms with Crippen LogP contribution in [0.3, 0.4) is 0 Å². The lowest BCUT2D eigenvalue weighted by Gasteiger charge is -2.10. The van der Waals surface area contributed by atoms with Gasteiger partial charge in [0.25, 0.3) is 0 Å². The Morgan fingerprint density at radius 3 is 2.74 bits per heavy atom. The summed E-state index contributed by atoms with van der Waals surface area (Å²) in [6.45, 7) is 3.15. The molecular formula is C13H12ClN3O2. The van der Waals surface area contributed by atoms with E-state index in [1.165, 1.54) is 13.0 Å². The Kier molecular flexibility index (Phi) is 3.97. The molecule has 0 fully saturated rings. The Bertz CT molecular complexity index is 596. The van der Waals surface area contributed by atoms with Crippen LogP contribution in [0.2, 0.25) is 5.15 Å². The minimum absolute atomic E-state index is 0.173. The molecule has 6 heteroatoms. The second-order valence-electron chi connectivity index (χ2n) is 3.86. The number of nitrogens with zero attached hydrogens (tertiary/aromatic N) is 2. The third-order valence-electron chi connectivity index (χ3n) is 2.20. The second-order valence-corrected chi connectivity index (χ2v) is 4.24. The highest BCUT2D eigenvalue weighted by Gasteiger charge is 2.08. The quantitative estimate of drug-likeness (QED) is 0.875. The van der Waals surface area contributed by atoms with Crippen LogP contribution in [0.25, 0.3) is 0 Å². The molecule has 19 heavy (non-hydrogen) atoms. The van der Waals surface area contributed by atoms with Crippen LogP contribution < -0.4 is 10.1 Å². The molecule has 0 aliphatic carbocycles. The lowest BCUT2D eigenvalue weighted by Crippen LogP contribution is -2.07. The highest BCUT2D eigenvalue weighted by atomic mass is 35.5. The Morgan fingerprint density at radius 2 is 2.05 bits per heavy atom. The van der Waals surface area contributed by atoms with Crippen molar-refractivity contribution in [3.05, 3.63) is 41.3 Å². The number of para-hydroxylation sites is 2. The average molecular weight is 278 g/mol. The molecule has 0 bridgehead atoms. The number of carbonyl (C=O) groups excluding carboxylic acids is 1. The number of halogens is 1. The number of aryl methyl sites for hydroxylation is 1. The van der Waals surface area contributed by atoms with Crippen LogP contribution in [-0.2, 0) is 4.79 Å². The van der Waals surface area contributed by atoms with Crippen molar-refractivity contribution in [1.29, 1.82) is 0 Å². The second kappa shape index (κ2) is 5.67. The maximum atomic E-state index is 11.1. The molecule has 0 aliphatic heterocycles. The van der Waals surface area contributed by atoms with Crippen molar-refractivity contribution in [2.24, 2.45) is 0 Å². The van der Waals surface area contributed by atoms with Gasteiger partial charge in [-0.25, -0.2) is 4.98 Å². The van der Waals surface area contributed by atoms with Gasteiger partial charge < -0.3 is 10.1 Å². The van der Waals surface area contributed by atoms with Crippen molar-refractivity contribution in [3.63, 3.8) is 0 Å². The third kappa shape index (κ3) is 3.66. The van der Waals surface area contributed by atoms with E-state index < -0.39 is 0 Å². The number of nitrogens with one attached hydrogen (secondary N) is 1. The van der Waals surface area contributed by atoms with Gasteiger partial charge in [-0.2, -0.15) is 4.98 Å². The lowest BCUT2D eigenvalue weighted by molar-refractivity contribution is -0.114. The Balaban J connectivity index is 2.29. The largest absolute Gasteiger partial charge is 0.437 e. The van der Waals surface area contributed by atoms with Crippen molar-refractivity contribution < 1.29 is 9.53 Å². The van der Waals surface area contributed by atoms with E-state index >= 15 is 0 Å². The first kappa shape index (κ1) is 13.3. The molecule has 0 aliphatic rings. The van der Waals surface area contributed by atoms with Gasteiger partial charge in [0.1, 0.15) is 11.0 Å². The monoisotopic (exact) mass is 277 g/mol. The van der Waals surface area contributed by atoms with Crippen LogP contribution >= 0.6 is 11.6 Å². The fourth-order valence-corrected chi connectivity index (χ4v) is 1.73. The fourth-order valence-electron chi connectivity index (χ4n) is 1.52. The zero-order valence-corrected chi connectivity index (χ0v) is 11.2. The zero-order valence-electron chi connectivity index (χ0n) is 10.5. The lowest BCUT2D eigenvalue weighted by atomic mass is 10.3. The molecule has 1 aromatic heterocycles. The van der Waals surface area contributed by atoms with E-state index in [0.29, 0.717) is 28.3 Å². The maximum absolute atomic E-state index is 11.1. The predicted molar refractivity (Wildman–Crippen MR) is 72.6 cm³/mol. The van der Waals surface area contributed by atoms with E-state index in [1.54, 1.807) is 31.2 Å². The molecule has 1 aromatic carbocycles. The van der Waals surface area contributed by atoms with Gasteiger partial charge in [-0.3, -0.25) is 4.79 Å². The Hall–Kier alpha value is -2.14. The molecule has 0 unspecified atom stereocenters. The van der Waals surface area contributed by atoms with E-state index in [4.69, 9.17) is 16.3 Å². The zero-order chi connectivity index (χ0) is 13.8. The molecule has 0 radical (unpaired) electrons. The summed E-state index contributed by atoms with van der Waals surface area (Å²) in [5.41, 5.74) is 0.572. The van der Waals surface area contributed by atoms with Crippen LogP contribution in [-0.4, -0.2) is 15.9 Å². The molecule has 1 amide bonds. The van der Waals surface area contributed by atoms with Gasteiger partial charge in [0.05, 0.1) is 5.69 Å². The number of amides is 1. The topological polar surface area (TPSA) is 64.1 Å². The van der Waals surface area contributed by atoms with Crippen LogP contribution in [0, 0.1) is 6.92 Å². The molecule has 1 heterocycles. The van der Waals surface area contributed by atoms with Crippen molar-refractivity contribution in [2.75, 3.05) is 5.32 Å². The van der Waals surface area contributed by atoms with Crippen LogP contribution in [0.1, 0.15) is 12.7 Å². The summed E-state index contributed by atoms with van der Waals surface area (Å²) < 4.78 is 5.62. The number of hydrogen-bond donors (Lipinski definition) is 1. The summed E-state index contributed by atoms with van der Waals surface area (Å²) in [6, 6.07) is 8.59. The van der Waals surface area contributed by atoms with Gasteiger partial charge in [-0.1, -0.05) is 23.7 Å². The molecule has 0 atom stereocenters. The molecule has 2 aromatic rings. The first-order chi connectivity index (χ1) is 9.04. The number of ether oxygens (including phenoxy) is 1. The summed E-state index contributed by atoms with van der Waals surface area (Å²) in [7, 11) is 0. The first-order valence-electron chi connectivity index (χ1n) is 5.60. The predicted octanol–water partition coefficient (Wildman–Crippen LogP) is 3.19. The van der Waals surface area contributed by atoms with Crippen LogP contribution in [0.5, 0.6) is 11.6 Å². The standard InChI is InChI=1S/C13H12ClN3O2/c1-8-15-12(14)7-13(16-8)19-11-6-4-3-5-10(11)17-9(2)18/h3-7H,1-2H3,(H,17,18). The molecule has 98 valence electrons. The maximum Gasteiger partial charge on any atom is 0.224 e. The van der Waals surface area contributed by atoms with Gasteiger partial charge in [0.2, 0.25) is 11.8 Å². The molecule has 1 N–H and O–H groups in total. The van der Waals surface area contributed by atoms with Gasteiger partial charge in [0, 0.05) is 13.0 Å². The van der Waals surface area contributed by atoms with Crippen molar-refractivity contribution in [3.8, 4) is 11.6 Å². The van der Waals surface area contributed by atoms with E-state index in [1.807, 2.05) is 0 Å². The number of aromatic nitrogens is 2.